The lowest BCUT2D eigenvalue weighted by atomic mass is 10.0. The molecule has 0 unspecified atom stereocenters. The van der Waals surface area contributed by atoms with E-state index in [0.717, 1.165) is 5.56 Å². The van der Waals surface area contributed by atoms with Gasteiger partial charge in [0.2, 0.25) is 11.8 Å². The van der Waals surface area contributed by atoms with Gasteiger partial charge in [0.15, 0.2) is 5.15 Å². The van der Waals surface area contributed by atoms with Gasteiger partial charge in [0.05, 0.1) is 30.5 Å². The summed E-state index contributed by atoms with van der Waals surface area (Å²) < 4.78 is 2.65. The number of halogens is 2. The fraction of sp³-hybridized carbons (Fsp3) is 0.130. The number of benzene rings is 2. The standard InChI is InChI=1S/C23H19Cl2N7O3/c24-15-6-7-18(32-12-20(25)29-30-32)16(9-15)17-10-22(34)31(13-28-17)19(23(35)27-11-21(26)33)8-14-4-2-1-3-5-14/h1-7,9-10,12-13,19H,8,11H2,(H2,26,33)(H,27,35)/t19-/m0/s1. The van der Waals surface area contributed by atoms with Crippen molar-refractivity contribution in [3.63, 3.8) is 0 Å². The highest BCUT2D eigenvalue weighted by Gasteiger charge is 2.23. The molecular weight excluding hydrogens is 493 g/mol. The van der Waals surface area contributed by atoms with E-state index in [4.69, 9.17) is 28.9 Å². The van der Waals surface area contributed by atoms with Crippen molar-refractivity contribution in [3.8, 4) is 16.9 Å². The molecule has 0 saturated heterocycles. The van der Waals surface area contributed by atoms with E-state index in [0.29, 0.717) is 22.0 Å². The number of nitrogens with one attached hydrogen (secondary N) is 1. The van der Waals surface area contributed by atoms with E-state index < -0.39 is 23.4 Å². The van der Waals surface area contributed by atoms with Gasteiger partial charge in [-0.1, -0.05) is 58.7 Å². The Morgan fingerprint density at radius 3 is 2.51 bits per heavy atom. The van der Waals surface area contributed by atoms with E-state index in [-0.39, 0.29) is 18.1 Å². The van der Waals surface area contributed by atoms with Crippen molar-refractivity contribution in [2.45, 2.75) is 12.5 Å². The lowest BCUT2D eigenvalue weighted by molar-refractivity contribution is -0.127. The molecule has 2 aromatic carbocycles. The molecule has 12 heteroatoms. The molecule has 0 fully saturated rings. The maximum absolute atomic E-state index is 13.2. The number of nitrogens with two attached hydrogens (primary N) is 1. The average molecular weight is 512 g/mol. The number of primary amides is 1. The highest BCUT2D eigenvalue weighted by atomic mass is 35.5. The van der Waals surface area contributed by atoms with Gasteiger partial charge in [0, 0.05) is 23.1 Å². The monoisotopic (exact) mass is 511 g/mol. The number of rotatable bonds is 8. The van der Waals surface area contributed by atoms with E-state index in [1.807, 2.05) is 30.3 Å². The third-order valence-electron chi connectivity index (χ3n) is 5.13. The molecule has 0 aliphatic heterocycles. The summed E-state index contributed by atoms with van der Waals surface area (Å²) in [6.45, 7) is -0.350. The Balaban J connectivity index is 1.73. The second kappa shape index (κ2) is 10.5. The number of nitrogens with zero attached hydrogens (tertiary/aromatic N) is 5. The predicted molar refractivity (Wildman–Crippen MR) is 130 cm³/mol. The fourth-order valence-corrected chi connectivity index (χ4v) is 3.81. The van der Waals surface area contributed by atoms with Crippen LogP contribution >= 0.6 is 23.2 Å². The number of aromatic nitrogens is 5. The van der Waals surface area contributed by atoms with Gasteiger partial charge in [-0.3, -0.25) is 19.0 Å². The number of hydrogen-bond donors (Lipinski definition) is 2. The highest BCUT2D eigenvalue weighted by Crippen LogP contribution is 2.28. The first kappa shape index (κ1) is 24.1. The zero-order valence-electron chi connectivity index (χ0n) is 18.1. The van der Waals surface area contributed by atoms with Crippen molar-refractivity contribution in [3.05, 3.63) is 93.2 Å². The van der Waals surface area contributed by atoms with Crippen LogP contribution < -0.4 is 16.6 Å². The first-order valence-corrected chi connectivity index (χ1v) is 11.1. The Kier molecular flexibility index (Phi) is 7.23. The van der Waals surface area contributed by atoms with Crippen molar-refractivity contribution in [1.82, 2.24) is 29.9 Å². The Morgan fingerprint density at radius 1 is 1.09 bits per heavy atom. The van der Waals surface area contributed by atoms with Gasteiger partial charge in [-0.15, -0.1) is 5.10 Å². The maximum Gasteiger partial charge on any atom is 0.254 e. The van der Waals surface area contributed by atoms with Crippen LogP contribution in [0.1, 0.15) is 11.6 Å². The maximum atomic E-state index is 13.2. The molecule has 0 spiro atoms. The minimum atomic E-state index is -0.959. The fourth-order valence-electron chi connectivity index (χ4n) is 3.51. The minimum absolute atomic E-state index is 0.194. The Morgan fingerprint density at radius 2 is 1.86 bits per heavy atom. The molecule has 2 amide bonds. The van der Waals surface area contributed by atoms with Crippen LogP contribution in [0.2, 0.25) is 10.2 Å². The van der Waals surface area contributed by atoms with Crippen LogP contribution in [0.15, 0.2) is 71.9 Å². The number of carbonyl (C=O) groups is 2. The molecule has 4 rings (SSSR count). The van der Waals surface area contributed by atoms with E-state index in [9.17, 15) is 14.4 Å². The van der Waals surface area contributed by atoms with Gasteiger partial charge >= 0.3 is 0 Å². The molecule has 10 nitrogen and oxygen atoms in total. The van der Waals surface area contributed by atoms with Gasteiger partial charge < -0.3 is 11.1 Å². The molecular formula is C23H19Cl2N7O3. The van der Waals surface area contributed by atoms with E-state index in [2.05, 4.69) is 20.6 Å². The molecule has 3 N–H and O–H groups in total. The normalized spacial score (nSPS) is 11.7. The van der Waals surface area contributed by atoms with Crippen molar-refractivity contribution >= 4 is 35.0 Å². The third kappa shape index (κ3) is 5.73. The summed E-state index contributed by atoms with van der Waals surface area (Å²) in [7, 11) is 0. The summed E-state index contributed by atoms with van der Waals surface area (Å²) in [5, 5.41) is 10.8. The molecule has 1 atom stereocenters. The van der Waals surface area contributed by atoms with Crippen LogP contribution in [0.25, 0.3) is 16.9 Å². The average Bonchev–Trinajstić information content (AvgIpc) is 3.27. The van der Waals surface area contributed by atoms with Crippen LogP contribution in [0.3, 0.4) is 0 Å². The van der Waals surface area contributed by atoms with E-state index in [1.54, 1.807) is 18.2 Å². The van der Waals surface area contributed by atoms with Crippen LogP contribution in [0.4, 0.5) is 0 Å². The SMILES string of the molecule is NC(=O)CNC(=O)[C@H](Cc1ccccc1)n1cnc(-c2cc(Cl)ccc2-n2cc(Cl)nn2)cc1=O. The van der Waals surface area contributed by atoms with E-state index >= 15 is 0 Å². The Labute approximate surface area is 209 Å². The predicted octanol–water partition coefficient (Wildman–Crippen LogP) is 2.18. The van der Waals surface area contributed by atoms with Crippen LogP contribution in [-0.4, -0.2) is 42.9 Å². The summed E-state index contributed by atoms with van der Waals surface area (Å²) in [5.41, 5.74) is 6.88. The zero-order chi connectivity index (χ0) is 24.9. The zero-order valence-corrected chi connectivity index (χ0v) is 19.6. The molecule has 0 aliphatic carbocycles. The topological polar surface area (TPSA) is 138 Å². The summed E-state index contributed by atoms with van der Waals surface area (Å²) >= 11 is 12.1. The van der Waals surface area contributed by atoms with Gasteiger partial charge in [-0.2, -0.15) is 0 Å². The van der Waals surface area contributed by atoms with Crippen LogP contribution in [-0.2, 0) is 16.0 Å². The second-order valence-electron chi connectivity index (χ2n) is 7.56. The minimum Gasteiger partial charge on any atom is -0.368 e. The van der Waals surface area contributed by atoms with Crippen LogP contribution in [0, 0.1) is 0 Å². The molecule has 2 heterocycles. The second-order valence-corrected chi connectivity index (χ2v) is 8.38. The van der Waals surface area contributed by atoms with Gasteiger partial charge in [-0.25, -0.2) is 9.67 Å². The quantitative estimate of drug-likeness (QED) is 0.371. The molecule has 178 valence electrons. The molecule has 0 radical (unpaired) electrons. The summed E-state index contributed by atoms with van der Waals surface area (Å²) in [5.74, 6) is -1.23. The molecule has 4 aromatic rings. The third-order valence-corrected chi connectivity index (χ3v) is 5.54. The summed E-state index contributed by atoms with van der Waals surface area (Å²) in [6.07, 6.45) is 2.99. The van der Waals surface area contributed by atoms with Crippen molar-refractivity contribution in [2.24, 2.45) is 5.73 Å². The molecule has 0 aliphatic rings. The lowest BCUT2D eigenvalue weighted by Crippen LogP contribution is -2.41. The molecule has 35 heavy (non-hydrogen) atoms. The first-order chi connectivity index (χ1) is 16.8. The molecule has 2 aromatic heterocycles. The molecule has 0 saturated carbocycles. The van der Waals surface area contributed by atoms with Gasteiger partial charge in [0.1, 0.15) is 6.04 Å². The van der Waals surface area contributed by atoms with Gasteiger partial charge in [-0.05, 0) is 23.8 Å². The number of hydrogen-bond acceptors (Lipinski definition) is 6. The van der Waals surface area contributed by atoms with Crippen molar-refractivity contribution < 1.29 is 9.59 Å². The summed E-state index contributed by atoms with van der Waals surface area (Å²) in [4.78, 5) is 41.7. The highest BCUT2D eigenvalue weighted by molar-refractivity contribution is 6.31. The lowest BCUT2D eigenvalue weighted by Gasteiger charge is -2.19. The molecule has 0 bridgehead atoms. The van der Waals surface area contributed by atoms with Crippen LogP contribution in [0.5, 0.6) is 0 Å². The van der Waals surface area contributed by atoms with Gasteiger partial charge in [0.25, 0.3) is 5.56 Å². The largest absolute Gasteiger partial charge is 0.368 e. The number of carbonyl (C=O) groups excluding carboxylic acids is 2. The van der Waals surface area contributed by atoms with Crippen molar-refractivity contribution in [1.29, 1.82) is 0 Å². The Bertz CT molecular complexity index is 1440. The van der Waals surface area contributed by atoms with Crippen molar-refractivity contribution in [2.75, 3.05) is 6.54 Å². The smallest absolute Gasteiger partial charge is 0.254 e. The summed E-state index contributed by atoms with van der Waals surface area (Å²) in [6, 6.07) is 14.5. The Hall–Kier alpha value is -4.02. The number of amides is 2. The van der Waals surface area contributed by atoms with E-state index in [1.165, 1.54) is 27.8 Å². The first-order valence-electron chi connectivity index (χ1n) is 10.4.